The molecule has 0 radical (unpaired) electrons. The summed E-state index contributed by atoms with van der Waals surface area (Å²) >= 11 is 0. The van der Waals surface area contributed by atoms with Gasteiger partial charge in [0.05, 0.1) is 13.7 Å². The lowest BCUT2D eigenvalue weighted by atomic mass is 9.97. The van der Waals surface area contributed by atoms with Crippen LogP contribution in [0.4, 0.5) is 0 Å². The summed E-state index contributed by atoms with van der Waals surface area (Å²) in [5, 5.41) is 0. The number of amides is 1. The summed E-state index contributed by atoms with van der Waals surface area (Å²) in [6.07, 6.45) is 1.99. The second-order valence-electron chi connectivity index (χ2n) is 6.46. The van der Waals surface area contributed by atoms with Gasteiger partial charge in [0.2, 0.25) is 0 Å². The minimum absolute atomic E-state index is 0.103. The number of rotatable bonds is 6. The Morgan fingerprint density at radius 1 is 1.04 bits per heavy atom. The summed E-state index contributed by atoms with van der Waals surface area (Å²) in [6, 6.07) is 17.6. The average Bonchev–Trinajstić information content (AvgIpc) is 2.69. The van der Waals surface area contributed by atoms with Gasteiger partial charge in [-0.1, -0.05) is 30.3 Å². The van der Waals surface area contributed by atoms with E-state index in [-0.39, 0.29) is 5.91 Å². The fourth-order valence-corrected chi connectivity index (χ4v) is 3.14. The van der Waals surface area contributed by atoms with Crippen molar-refractivity contribution < 1.29 is 14.3 Å². The molecule has 0 N–H and O–H groups in total. The number of piperidine rings is 1. The summed E-state index contributed by atoms with van der Waals surface area (Å²) in [5.41, 5.74) is 1.93. The molecule has 1 saturated heterocycles. The molecule has 0 bridgehead atoms. The smallest absolute Gasteiger partial charge is 0.253 e. The molecular weight excluding hydrogens is 314 g/mol. The van der Waals surface area contributed by atoms with Crippen LogP contribution in [-0.4, -0.2) is 37.6 Å². The molecule has 0 aliphatic carbocycles. The van der Waals surface area contributed by atoms with Gasteiger partial charge in [-0.25, -0.2) is 0 Å². The van der Waals surface area contributed by atoms with E-state index < -0.39 is 0 Å². The molecule has 0 atom stereocenters. The van der Waals surface area contributed by atoms with Gasteiger partial charge < -0.3 is 14.4 Å². The van der Waals surface area contributed by atoms with Crippen molar-refractivity contribution >= 4 is 5.91 Å². The average molecular weight is 339 g/mol. The molecule has 4 heteroatoms. The molecule has 1 aliphatic heterocycles. The van der Waals surface area contributed by atoms with E-state index in [0.717, 1.165) is 43.9 Å². The monoisotopic (exact) mass is 339 g/mol. The Balaban J connectivity index is 1.42. The van der Waals surface area contributed by atoms with E-state index in [1.54, 1.807) is 7.11 Å². The first-order valence-corrected chi connectivity index (χ1v) is 8.81. The number of ether oxygens (including phenoxy) is 2. The van der Waals surface area contributed by atoms with E-state index in [1.807, 2.05) is 47.4 Å². The molecule has 1 heterocycles. The number of likely N-dealkylation sites (tertiary alicyclic amines) is 1. The minimum atomic E-state index is 0.103. The highest BCUT2D eigenvalue weighted by molar-refractivity contribution is 5.94. The van der Waals surface area contributed by atoms with E-state index in [2.05, 4.69) is 12.1 Å². The third-order valence-corrected chi connectivity index (χ3v) is 4.70. The van der Waals surface area contributed by atoms with E-state index in [9.17, 15) is 4.79 Å². The molecule has 132 valence electrons. The van der Waals surface area contributed by atoms with Crippen molar-refractivity contribution in [1.82, 2.24) is 4.90 Å². The predicted octanol–water partition coefficient (Wildman–Crippen LogP) is 3.76. The van der Waals surface area contributed by atoms with Crippen LogP contribution in [0.1, 0.15) is 28.8 Å². The van der Waals surface area contributed by atoms with Gasteiger partial charge in [0.25, 0.3) is 5.91 Å². The highest BCUT2D eigenvalue weighted by Gasteiger charge is 2.23. The Hall–Kier alpha value is -2.33. The van der Waals surface area contributed by atoms with Crippen molar-refractivity contribution in [2.24, 2.45) is 5.92 Å². The molecule has 1 aliphatic rings. The van der Waals surface area contributed by atoms with Gasteiger partial charge in [-0.15, -0.1) is 0 Å². The number of methoxy groups -OCH3 is 1. The lowest BCUT2D eigenvalue weighted by Gasteiger charge is -2.32. The van der Waals surface area contributed by atoms with Crippen LogP contribution in [0.15, 0.2) is 54.6 Å². The largest absolute Gasteiger partial charge is 0.497 e. The maximum Gasteiger partial charge on any atom is 0.253 e. The highest BCUT2D eigenvalue weighted by Crippen LogP contribution is 2.21. The zero-order chi connectivity index (χ0) is 17.5. The zero-order valence-electron chi connectivity index (χ0n) is 14.7. The van der Waals surface area contributed by atoms with E-state index in [4.69, 9.17) is 9.47 Å². The third kappa shape index (κ3) is 4.83. The Labute approximate surface area is 149 Å². The molecule has 4 nitrogen and oxygen atoms in total. The second kappa shape index (κ2) is 8.67. The first kappa shape index (κ1) is 17.5. The van der Waals surface area contributed by atoms with Crippen molar-refractivity contribution in [2.75, 3.05) is 26.8 Å². The highest BCUT2D eigenvalue weighted by atomic mass is 16.5. The normalized spacial score (nSPS) is 15.2. The zero-order valence-corrected chi connectivity index (χ0v) is 14.7. The van der Waals surface area contributed by atoms with Crippen LogP contribution < -0.4 is 4.74 Å². The van der Waals surface area contributed by atoms with Gasteiger partial charge in [-0.05, 0) is 48.6 Å². The van der Waals surface area contributed by atoms with E-state index >= 15 is 0 Å². The first-order valence-electron chi connectivity index (χ1n) is 8.81. The maximum atomic E-state index is 12.6. The molecule has 2 aromatic rings. The lowest BCUT2D eigenvalue weighted by Crippen LogP contribution is -2.39. The molecule has 25 heavy (non-hydrogen) atoms. The van der Waals surface area contributed by atoms with Gasteiger partial charge in [0.15, 0.2) is 0 Å². The number of nitrogens with zero attached hydrogens (tertiary/aromatic N) is 1. The quantitative estimate of drug-likeness (QED) is 0.804. The Morgan fingerprint density at radius 2 is 1.72 bits per heavy atom. The number of hydrogen-bond acceptors (Lipinski definition) is 3. The topological polar surface area (TPSA) is 38.8 Å². The van der Waals surface area contributed by atoms with Gasteiger partial charge in [0.1, 0.15) is 5.75 Å². The molecular formula is C21H25NO3. The summed E-state index contributed by atoms with van der Waals surface area (Å²) < 4.78 is 11.0. The van der Waals surface area contributed by atoms with E-state index in [1.165, 1.54) is 5.56 Å². The number of hydrogen-bond donors (Lipinski definition) is 0. The Bertz CT molecular complexity index is 661. The number of carbonyl (C=O) groups is 1. The molecule has 0 spiro atoms. The number of benzene rings is 2. The minimum Gasteiger partial charge on any atom is -0.497 e. The molecule has 1 amide bonds. The van der Waals surface area contributed by atoms with Crippen LogP contribution in [0, 0.1) is 5.92 Å². The lowest BCUT2D eigenvalue weighted by molar-refractivity contribution is 0.0478. The van der Waals surface area contributed by atoms with Crippen molar-refractivity contribution in [3.8, 4) is 5.75 Å². The van der Waals surface area contributed by atoms with Crippen LogP contribution in [0.2, 0.25) is 0 Å². The summed E-state index contributed by atoms with van der Waals surface area (Å²) in [4.78, 5) is 14.5. The van der Waals surface area contributed by atoms with E-state index in [0.29, 0.717) is 12.5 Å². The van der Waals surface area contributed by atoms with Gasteiger partial charge >= 0.3 is 0 Å². The standard InChI is InChI=1S/C21H25NO3/c1-24-20-9-7-19(8-10-20)21(23)22-13-11-18(12-14-22)16-25-15-17-5-3-2-4-6-17/h2-10,18H,11-16H2,1H3. The fourth-order valence-electron chi connectivity index (χ4n) is 3.14. The second-order valence-corrected chi connectivity index (χ2v) is 6.46. The van der Waals surface area contributed by atoms with Gasteiger partial charge in [-0.3, -0.25) is 4.79 Å². The third-order valence-electron chi connectivity index (χ3n) is 4.70. The molecule has 3 rings (SSSR count). The maximum absolute atomic E-state index is 12.6. The predicted molar refractivity (Wildman–Crippen MR) is 97.7 cm³/mol. The fraction of sp³-hybridized carbons (Fsp3) is 0.381. The van der Waals surface area contributed by atoms with Crippen molar-refractivity contribution in [3.05, 3.63) is 65.7 Å². The molecule has 0 saturated carbocycles. The molecule has 0 unspecified atom stereocenters. The van der Waals surface area contributed by atoms with Crippen LogP contribution in [0.3, 0.4) is 0 Å². The number of carbonyl (C=O) groups excluding carboxylic acids is 1. The molecule has 1 fully saturated rings. The SMILES string of the molecule is COc1ccc(C(=O)N2CCC(COCc3ccccc3)CC2)cc1. The van der Waals surface area contributed by atoms with Crippen LogP contribution in [0.5, 0.6) is 5.75 Å². The van der Waals surface area contributed by atoms with Crippen molar-refractivity contribution in [1.29, 1.82) is 0 Å². The molecule has 0 aromatic heterocycles. The van der Waals surface area contributed by atoms with Crippen LogP contribution in [0.25, 0.3) is 0 Å². The van der Waals surface area contributed by atoms with Crippen molar-refractivity contribution in [2.45, 2.75) is 19.4 Å². The summed E-state index contributed by atoms with van der Waals surface area (Å²) in [5.74, 6) is 1.40. The van der Waals surface area contributed by atoms with Crippen LogP contribution >= 0.6 is 0 Å². The van der Waals surface area contributed by atoms with Gasteiger partial charge in [0, 0.05) is 25.3 Å². The van der Waals surface area contributed by atoms with Crippen LogP contribution in [-0.2, 0) is 11.3 Å². The van der Waals surface area contributed by atoms with Gasteiger partial charge in [-0.2, -0.15) is 0 Å². The van der Waals surface area contributed by atoms with Crippen molar-refractivity contribution in [3.63, 3.8) is 0 Å². The molecule has 2 aromatic carbocycles. The Morgan fingerprint density at radius 3 is 2.36 bits per heavy atom. The summed E-state index contributed by atoms with van der Waals surface area (Å²) in [6.45, 7) is 3.01. The summed E-state index contributed by atoms with van der Waals surface area (Å²) in [7, 11) is 1.63. The Kier molecular flexibility index (Phi) is 6.07. The first-order chi connectivity index (χ1) is 12.3.